The van der Waals surface area contributed by atoms with Crippen molar-refractivity contribution in [2.45, 2.75) is 32.7 Å². The van der Waals surface area contributed by atoms with Crippen LogP contribution >= 0.6 is 0 Å². The van der Waals surface area contributed by atoms with E-state index in [0.717, 1.165) is 58.7 Å². The molecule has 3 heterocycles. The van der Waals surface area contributed by atoms with E-state index in [-0.39, 0.29) is 6.04 Å². The van der Waals surface area contributed by atoms with Crippen molar-refractivity contribution in [3.8, 4) is 11.4 Å². The van der Waals surface area contributed by atoms with E-state index < -0.39 is 0 Å². The predicted octanol–water partition coefficient (Wildman–Crippen LogP) is 6.74. The van der Waals surface area contributed by atoms with Gasteiger partial charge in [0.2, 0.25) is 0 Å². The maximum absolute atomic E-state index is 5.33. The van der Waals surface area contributed by atoms with E-state index in [1.54, 1.807) is 7.11 Å². The molecule has 1 aromatic heterocycles. The minimum atomic E-state index is 0.0966. The number of aryl methyl sites for hydroxylation is 1. The first-order chi connectivity index (χ1) is 17.7. The third-order valence-electron chi connectivity index (χ3n) is 6.67. The molecule has 0 saturated carbocycles. The lowest BCUT2D eigenvalue weighted by Gasteiger charge is -2.40. The summed E-state index contributed by atoms with van der Waals surface area (Å²) in [6.07, 6.45) is 2.00. The van der Waals surface area contributed by atoms with Gasteiger partial charge in [-0.2, -0.15) is 5.10 Å². The lowest BCUT2D eigenvalue weighted by molar-refractivity contribution is 0.415. The number of aromatic nitrogens is 2. The van der Waals surface area contributed by atoms with Crippen LogP contribution in [0.3, 0.4) is 0 Å². The van der Waals surface area contributed by atoms with Crippen LogP contribution in [0.4, 0.5) is 22.9 Å². The smallest absolute Gasteiger partial charge is 0.179 e. The quantitative estimate of drug-likeness (QED) is 0.347. The van der Waals surface area contributed by atoms with Crippen LogP contribution in [0.2, 0.25) is 0 Å². The number of methoxy groups -OCH3 is 1. The zero-order chi connectivity index (χ0) is 24.6. The molecule has 7 heteroatoms. The Labute approximate surface area is 210 Å². The largest absolute Gasteiger partial charge is 0.497 e. The van der Waals surface area contributed by atoms with Crippen LogP contribution < -0.4 is 15.0 Å². The molecular formula is C29H28N6O. The summed E-state index contributed by atoms with van der Waals surface area (Å²) in [7, 11) is 1.67. The molecule has 0 unspecified atom stereocenters. The van der Waals surface area contributed by atoms with Gasteiger partial charge in [-0.15, -0.1) is 0 Å². The van der Waals surface area contributed by atoms with Crippen molar-refractivity contribution in [3.63, 3.8) is 0 Å². The third kappa shape index (κ3) is 3.64. The molecule has 0 bridgehead atoms. The Morgan fingerprint density at radius 2 is 1.67 bits per heavy atom. The standard InChI is InChI=1S/C29H28N6O/c1-4-10-25-26-19(2)33-35(21-11-6-5-7-12-21)28(26)32-29-27(30-20-15-17-22(36-3)18-16-20)31-23-13-8-9-14-24(23)34(25)29/h5-9,11-18,25H,4,10H2,1-3H3,(H,30,31)/t25-/m1/s1. The average Bonchev–Trinajstić information content (AvgIpc) is 3.26. The van der Waals surface area contributed by atoms with Gasteiger partial charge in [-0.3, -0.25) is 0 Å². The number of nitrogens with one attached hydrogen (secondary N) is 1. The number of nitrogens with zero attached hydrogens (tertiary/aromatic N) is 5. The SMILES string of the molecule is CCC[C@@H]1c2c(C)nn(-c3ccccc3)c2N=C2C(Nc3ccc(OC)cc3)=Nc3ccccc3N21. The number of fused-ring (bicyclic) bond motifs is 4. The maximum Gasteiger partial charge on any atom is 0.179 e. The van der Waals surface area contributed by atoms with Crippen LogP contribution in [0, 0.1) is 6.92 Å². The van der Waals surface area contributed by atoms with Gasteiger partial charge in [0.1, 0.15) is 5.75 Å². The molecule has 0 amide bonds. The summed E-state index contributed by atoms with van der Waals surface area (Å²) >= 11 is 0. The lowest BCUT2D eigenvalue weighted by atomic mass is 9.96. The molecule has 0 radical (unpaired) electrons. The predicted molar refractivity (Wildman–Crippen MR) is 146 cm³/mol. The van der Waals surface area contributed by atoms with Gasteiger partial charge in [-0.1, -0.05) is 43.7 Å². The van der Waals surface area contributed by atoms with Gasteiger partial charge < -0.3 is 15.0 Å². The zero-order valence-electron chi connectivity index (χ0n) is 20.6. The summed E-state index contributed by atoms with van der Waals surface area (Å²) in [6.45, 7) is 4.31. The molecule has 180 valence electrons. The molecule has 3 aromatic carbocycles. The summed E-state index contributed by atoms with van der Waals surface area (Å²) in [5.74, 6) is 3.19. The Morgan fingerprint density at radius 3 is 2.42 bits per heavy atom. The highest BCUT2D eigenvalue weighted by Crippen LogP contribution is 2.47. The van der Waals surface area contributed by atoms with Gasteiger partial charge in [0, 0.05) is 11.3 Å². The van der Waals surface area contributed by atoms with Crippen LogP contribution in [0.15, 0.2) is 88.8 Å². The number of rotatable bonds is 5. The first-order valence-electron chi connectivity index (χ1n) is 12.3. The summed E-state index contributed by atoms with van der Waals surface area (Å²) in [4.78, 5) is 12.6. The molecule has 0 fully saturated rings. The number of anilines is 2. The van der Waals surface area contributed by atoms with Crippen LogP contribution in [0.25, 0.3) is 5.69 Å². The monoisotopic (exact) mass is 476 g/mol. The summed E-state index contributed by atoms with van der Waals surface area (Å²) in [5, 5.41) is 8.47. The van der Waals surface area contributed by atoms with E-state index in [9.17, 15) is 0 Å². The van der Waals surface area contributed by atoms with E-state index >= 15 is 0 Å². The summed E-state index contributed by atoms with van der Waals surface area (Å²) < 4.78 is 7.29. The number of benzene rings is 3. The highest BCUT2D eigenvalue weighted by atomic mass is 16.5. The first-order valence-corrected chi connectivity index (χ1v) is 12.3. The second kappa shape index (κ2) is 9.00. The second-order valence-electron chi connectivity index (χ2n) is 8.98. The number of hydrogen-bond acceptors (Lipinski definition) is 6. The van der Waals surface area contributed by atoms with E-state index in [4.69, 9.17) is 19.8 Å². The zero-order valence-corrected chi connectivity index (χ0v) is 20.6. The van der Waals surface area contributed by atoms with Crippen molar-refractivity contribution in [1.29, 1.82) is 0 Å². The molecule has 7 nitrogen and oxygen atoms in total. The van der Waals surface area contributed by atoms with Gasteiger partial charge in [0.15, 0.2) is 17.5 Å². The number of para-hydroxylation sites is 3. The van der Waals surface area contributed by atoms with Gasteiger partial charge in [0.25, 0.3) is 0 Å². The Kier molecular flexibility index (Phi) is 5.52. The van der Waals surface area contributed by atoms with E-state index in [1.807, 2.05) is 53.2 Å². The van der Waals surface area contributed by atoms with Crippen LogP contribution in [-0.2, 0) is 0 Å². The van der Waals surface area contributed by atoms with Gasteiger partial charge in [0.05, 0.1) is 35.9 Å². The first kappa shape index (κ1) is 22.1. The molecule has 4 aromatic rings. The van der Waals surface area contributed by atoms with Crippen molar-refractivity contribution in [3.05, 3.63) is 90.1 Å². The van der Waals surface area contributed by atoms with Crippen molar-refractivity contribution in [2.75, 3.05) is 17.3 Å². The van der Waals surface area contributed by atoms with Crippen LogP contribution in [-0.4, -0.2) is 28.6 Å². The minimum absolute atomic E-state index is 0.0966. The van der Waals surface area contributed by atoms with Gasteiger partial charge >= 0.3 is 0 Å². The molecule has 2 aliphatic rings. The van der Waals surface area contributed by atoms with Crippen LogP contribution in [0.1, 0.15) is 37.1 Å². The molecule has 0 aliphatic carbocycles. The Hall–Kier alpha value is -4.39. The van der Waals surface area contributed by atoms with Gasteiger partial charge in [-0.25, -0.2) is 14.7 Å². The molecule has 6 rings (SSSR count). The third-order valence-corrected chi connectivity index (χ3v) is 6.67. The fourth-order valence-corrected chi connectivity index (χ4v) is 5.03. The molecular weight excluding hydrogens is 448 g/mol. The Morgan fingerprint density at radius 1 is 0.917 bits per heavy atom. The van der Waals surface area contributed by atoms with Crippen molar-refractivity contribution in [1.82, 2.24) is 9.78 Å². The molecule has 2 aliphatic heterocycles. The average molecular weight is 477 g/mol. The van der Waals surface area contributed by atoms with Crippen molar-refractivity contribution < 1.29 is 4.74 Å². The highest BCUT2D eigenvalue weighted by molar-refractivity contribution is 6.51. The fourth-order valence-electron chi connectivity index (χ4n) is 5.03. The highest BCUT2D eigenvalue weighted by Gasteiger charge is 2.40. The topological polar surface area (TPSA) is 67.0 Å². The maximum atomic E-state index is 5.33. The Bertz CT molecular complexity index is 1470. The van der Waals surface area contributed by atoms with Crippen molar-refractivity contribution >= 4 is 34.6 Å². The van der Waals surface area contributed by atoms with Crippen molar-refractivity contribution in [2.24, 2.45) is 9.98 Å². The normalized spacial score (nSPS) is 15.9. The van der Waals surface area contributed by atoms with E-state index in [0.29, 0.717) is 5.84 Å². The molecule has 1 N–H and O–H groups in total. The number of hydrogen-bond donors (Lipinski definition) is 1. The van der Waals surface area contributed by atoms with E-state index in [1.165, 1.54) is 5.56 Å². The number of ether oxygens (including phenoxy) is 1. The van der Waals surface area contributed by atoms with E-state index in [2.05, 4.69) is 54.4 Å². The Balaban J connectivity index is 1.54. The molecule has 0 saturated heterocycles. The molecule has 1 atom stereocenters. The summed E-state index contributed by atoms with van der Waals surface area (Å²) in [6, 6.07) is 26.4. The van der Waals surface area contributed by atoms with Gasteiger partial charge in [-0.05, 0) is 61.9 Å². The summed E-state index contributed by atoms with van der Waals surface area (Å²) in [5.41, 5.74) is 6.07. The fraction of sp³-hybridized carbons (Fsp3) is 0.207. The lowest BCUT2D eigenvalue weighted by Crippen LogP contribution is -2.46. The molecule has 0 spiro atoms. The second-order valence-corrected chi connectivity index (χ2v) is 8.98. The molecule has 36 heavy (non-hydrogen) atoms. The minimum Gasteiger partial charge on any atom is -0.497 e. The number of amidine groups is 2. The van der Waals surface area contributed by atoms with Crippen LogP contribution in [0.5, 0.6) is 5.75 Å². The number of aliphatic imine (C=N–C) groups is 2.